The Morgan fingerprint density at radius 1 is 1.13 bits per heavy atom. The molecule has 2 aromatic rings. The number of aromatic nitrogens is 1. The standard InChI is InChI=1S/C19H23N3O/c23-19(10-9-16-6-5-11-20-14-16)21-18-8-2-1-7-17(18)15-22-12-3-4-13-22/h1-2,5-8,11,14H,3-4,9-10,12-13,15H2,(H,21,23). The minimum Gasteiger partial charge on any atom is -0.326 e. The van der Waals surface area contributed by atoms with Gasteiger partial charge in [0.25, 0.3) is 0 Å². The molecule has 1 saturated heterocycles. The summed E-state index contributed by atoms with van der Waals surface area (Å²) in [6, 6.07) is 12.0. The van der Waals surface area contributed by atoms with Crippen molar-refractivity contribution in [2.45, 2.75) is 32.2 Å². The van der Waals surface area contributed by atoms with Crippen LogP contribution >= 0.6 is 0 Å². The predicted octanol–water partition coefficient (Wildman–Crippen LogP) is 3.25. The molecular weight excluding hydrogens is 286 g/mol. The molecule has 0 aliphatic carbocycles. The van der Waals surface area contributed by atoms with Crippen LogP contribution in [0.15, 0.2) is 48.8 Å². The average molecular weight is 309 g/mol. The van der Waals surface area contributed by atoms with Crippen molar-refractivity contribution in [2.75, 3.05) is 18.4 Å². The maximum atomic E-state index is 12.2. The van der Waals surface area contributed by atoms with Crippen LogP contribution in [0, 0.1) is 0 Å². The Labute approximate surface area is 137 Å². The molecular formula is C19H23N3O. The second-order valence-electron chi connectivity index (χ2n) is 6.05. The van der Waals surface area contributed by atoms with Crippen molar-refractivity contribution in [1.29, 1.82) is 0 Å². The van der Waals surface area contributed by atoms with Gasteiger partial charge in [-0.25, -0.2) is 0 Å². The Kier molecular flexibility index (Phi) is 5.37. The normalized spacial score (nSPS) is 14.8. The monoisotopic (exact) mass is 309 g/mol. The molecule has 4 heteroatoms. The molecule has 1 fully saturated rings. The minimum atomic E-state index is 0.0581. The van der Waals surface area contributed by atoms with Crippen LogP contribution in [0.2, 0.25) is 0 Å². The van der Waals surface area contributed by atoms with Gasteiger partial charge >= 0.3 is 0 Å². The quantitative estimate of drug-likeness (QED) is 0.891. The molecule has 2 heterocycles. The van der Waals surface area contributed by atoms with Crippen LogP contribution in [-0.4, -0.2) is 28.9 Å². The van der Waals surface area contributed by atoms with Gasteiger partial charge in [0.1, 0.15) is 0 Å². The molecule has 3 rings (SSSR count). The van der Waals surface area contributed by atoms with Crippen molar-refractivity contribution >= 4 is 11.6 Å². The zero-order chi connectivity index (χ0) is 15.9. The third-order valence-electron chi connectivity index (χ3n) is 4.25. The lowest BCUT2D eigenvalue weighted by atomic mass is 10.1. The maximum Gasteiger partial charge on any atom is 0.224 e. The number of anilines is 1. The Morgan fingerprint density at radius 3 is 2.74 bits per heavy atom. The van der Waals surface area contributed by atoms with E-state index in [-0.39, 0.29) is 5.91 Å². The van der Waals surface area contributed by atoms with Crippen LogP contribution in [0.3, 0.4) is 0 Å². The van der Waals surface area contributed by atoms with Gasteiger partial charge in [0.2, 0.25) is 5.91 Å². The SMILES string of the molecule is O=C(CCc1cccnc1)Nc1ccccc1CN1CCCC1. The summed E-state index contributed by atoms with van der Waals surface area (Å²) >= 11 is 0. The highest BCUT2D eigenvalue weighted by Crippen LogP contribution is 2.20. The number of aryl methyl sites for hydroxylation is 1. The highest BCUT2D eigenvalue weighted by Gasteiger charge is 2.14. The van der Waals surface area contributed by atoms with Gasteiger partial charge in [-0.05, 0) is 55.6 Å². The van der Waals surface area contributed by atoms with Gasteiger partial charge in [0.15, 0.2) is 0 Å². The summed E-state index contributed by atoms with van der Waals surface area (Å²) in [4.78, 5) is 18.8. The Bertz CT molecular complexity index is 636. The van der Waals surface area contributed by atoms with Crippen molar-refractivity contribution < 1.29 is 4.79 Å². The molecule has 1 aliphatic heterocycles. The van der Waals surface area contributed by atoms with E-state index in [4.69, 9.17) is 0 Å². The summed E-state index contributed by atoms with van der Waals surface area (Å²) in [6.07, 6.45) is 7.31. The average Bonchev–Trinajstić information content (AvgIpc) is 3.09. The number of nitrogens with one attached hydrogen (secondary N) is 1. The van der Waals surface area contributed by atoms with Crippen LogP contribution < -0.4 is 5.32 Å². The van der Waals surface area contributed by atoms with Gasteiger partial charge in [-0.1, -0.05) is 24.3 Å². The number of carbonyl (C=O) groups excluding carboxylic acids is 1. The van der Waals surface area contributed by atoms with E-state index in [1.54, 1.807) is 6.20 Å². The molecule has 0 atom stereocenters. The molecule has 0 unspecified atom stereocenters. The number of para-hydroxylation sites is 1. The fourth-order valence-corrected chi connectivity index (χ4v) is 2.98. The first-order valence-electron chi connectivity index (χ1n) is 8.30. The molecule has 1 aliphatic rings. The molecule has 0 bridgehead atoms. The first kappa shape index (κ1) is 15.7. The van der Waals surface area contributed by atoms with E-state index in [2.05, 4.69) is 21.3 Å². The fourth-order valence-electron chi connectivity index (χ4n) is 2.98. The van der Waals surface area contributed by atoms with E-state index in [0.717, 1.165) is 30.9 Å². The number of hydrogen-bond acceptors (Lipinski definition) is 3. The van der Waals surface area contributed by atoms with Gasteiger partial charge in [-0.2, -0.15) is 0 Å². The number of carbonyl (C=O) groups is 1. The summed E-state index contributed by atoms with van der Waals surface area (Å²) in [6.45, 7) is 3.23. The van der Waals surface area contributed by atoms with E-state index < -0.39 is 0 Å². The molecule has 0 saturated carbocycles. The number of likely N-dealkylation sites (tertiary alicyclic amines) is 1. The highest BCUT2D eigenvalue weighted by molar-refractivity contribution is 5.91. The van der Waals surface area contributed by atoms with E-state index in [9.17, 15) is 4.79 Å². The van der Waals surface area contributed by atoms with Gasteiger partial charge in [-0.3, -0.25) is 14.7 Å². The van der Waals surface area contributed by atoms with E-state index in [0.29, 0.717) is 12.8 Å². The second-order valence-corrected chi connectivity index (χ2v) is 6.05. The summed E-state index contributed by atoms with van der Waals surface area (Å²) in [7, 11) is 0. The summed E-state index contributed by atoms with van der Waals surface area (Å²) < 4.78 is 0. The van der Waals surface area contributed by atoms with E-state index in [1.807, 2.05) is 36.5 Å². The number of hydrogen-bond donors (Lipinski definition) is 1. The zero-order valence-electron chi connectivity index (χ0n) is 13.4. The van der Waals surface area contributed by atoms with E-state index >= 15 is 0 Å². The second kappa shape index (κ2) is 7.88. The molecule has 1 N–H and O–H groups in total. The lowest BCUT2D eigenvalue weighted by molar-refractivity contribution is -0.116. The molecule has 120 valence electrons. The summed E-state index contributed by atoms with van der Waals surface area (Å²) in [5.41, 5.74) is 3.23. The number of benzene rings is 1. The fraction of sp³-hybridized carbons (Fsp3) is 0.368. The largest absolute Gasteiger partial charge is 0.326 e. The molecule has 1 aromatic carbocycles. The molecule has 4 nitrogen and oxygen atoms in total. The first-order chi connectivity index (χ1) is 11.3. The van der Waals surface area contributed by atoms with Crippen LogP contribution in [0.1, 0.15) is 30.4 Å². The zero-order valence-corrected chi connectivity index (χ0v) is 13.4. The molecule has 1 aromatic heterocycles. The van der Waals surface area contributed by atoms with Crippen LogP contribution in [0.25, 0.3) is 0 Å². The van der Waals surface area contributed by atoms with Crippen LogP contribution in [0.4, 0.5) is 5.69 Å². The number of amides is 1. The smallest absolute Gasteiger partial charge is 0.224 e. The topological polar surface area (TPSA) is 45.2 Å². The van der Waals surface area contributed by atoms with Gasteiger partial charge in [-0.15, -0.1) is 0 Å². The lowest BCUT2D eigenvalue weighted by Crippen LogP contribution is -2.20. The Hall–Kier alpha value is -2.20. The number of pyridine rings is 1. The van der Waals surface area contributed by atoms with E-state index in [1.165, 1.54) is 18.4 Å². The van der Waals surface area contributed by atoms with Gasteiger partial charge in [0.05, 0.1) is 0 Å². The van der Waals surface area contributed by atoms with Crippen molar-refractivity contribution in [3.8, 4) is 0 Å². The Morgan fingerprint density at radius 2 is 1.96 bits per heavy atom. The third-order valence-corrected chi connectivity index (χ3v) is 4.25. The summed E-state index contributed by atoms with van der Waals surface area (Å²) in [5, 5.41) is 3.07. The molecule has 0 radical (unpaired) electrons. The van der Waals surface area contributed by atoms with Crippen molar-refractivity contribution in [3.05, 3.63) is 59.9 Å². The van der Waals surface area contributed by atoms with Crippen molar-refractivity contribution in [3.63, 3.8) is 0 Å². The number of nitrogens with zero attached hydrogens (tertiary/aromatic N) is 2. The minimum absolute atomic E-state index is 0.0581. The van der Waals surface area contributed by atoms with Gasteiger partial charge < -0.3 is 5.32 Å². The summed E-state index contributed by atoms with van der Waals surface area (Å²) in [5.74, 6) is 0.0581. The number of rotatable bonds is 6. The van der Waals surface area contributed by atoms with Crippen LogP contribution in [-0.2, 0) is 17.8 Å². The van der Waals surface area contributed by atoms with Gasteiger partial charge in [0, 0.05) is 31.0 Å². The Balaban J connectivity index is 1.57. The molecule has 0 spiro atoms. The lowest BCUT2D eigenvalue weighted by Gasteiger charge is -2.17. The maximum absolute atomic E-state index is 12.2. The predicted molar refractivity (Wildman–Crippen MR) is 92.1 cm³/mol. The third kappa shape index (κ3) is 4.63. The molecule has 1 amide bonds. The van der Waals surface area contributed by atoms with Crippen molar-refractivity contribution in [2.24, 2.45) is 0 Å². The van der Waals surface area contributed by atoms with Crippen molar-refractivity contribution in [1.82, 2.24) is 9.88 Å². The molecule has 23 heavy (non-hydrogen) atoms. The first-order valence-corrected chi connectivity index (χ1v) is 8.30. The highest BCUT2D eigenvalue weighted by atomic mass is 16.1. The van der Waals surface area contributed by atoms with Crippen LogP contribution in [0.5, 0.6) is 0 Å².